The molecule has 1 aromatic rings. The van der Waals surface area contributed by atoms with E-state index in [0.29, 0.717) is 16.2 Å². The van der Waals surface area contributed by atoms with E-state index < -0.39 is 5.60 Å². The van der Waals surface area contributed by atoms with E-state index in [9.17, 15) is 4.79 Å². The molecule has 0 N–H and O–H groups in total. The van der Waals surface area contributed by atoms with Crippen LogP contribution >= 0.6 is 23.4 Å². The minimum atomic E-state index is -0.470. The molecule has 0 aromatic carbocycles. The summed E-state index contributed by atoms with van der Waals surface area (Å²) < 4.78 is 5.51. The van der Waals surface area contributed by atoms with Crippen LogP contribution in [0.25, 0.3) is 0 Å². The van der Waals surface area contributed by atoms with Crippen molar-refractivity contribution in [3.8, 4) is 0 Å². The third-order valence-electron chi connectivity index (χ3n) is 4.24. The van der Waals surface area contributed by atoms with Gasteiger partial charge in [-0.1, -0.05) is 30.3 Å². The van der Waals surface area contributed by atoms with Crippen LogP contribution in [0.2, 0.25) is 5.15 Å². The first kappa shape index (κ1) is 16.8. The van der Waals surface area contributed by atoms with E-state index in [-0.39, 0.29) is 18.1 Å². The number of hydrogen-bond donors (Lipinski definition) is 0. The molecule has 3 aliphatic rings. The van der Waals surface area contributed by atoms with Crippen LogP contribution in [0.1, 0.15) is 45.7 Å². The van der Waals surface area contributed by atoms with Gasteiger partial charge in [-0.3, -0.25) is 0 Å². The Hall–Kier alpha value is -1.01. The summed E-state index contributed by atoms with van der Waals surface area (Å²) in [4.78, 5) is 23.1. The lowest BCUT2D eigenvalue weighted by Gasteiger charge is -2.36. The first-order valence-electron chi connectivity index (χ1n) is 7.95. The number of carbonyl (C=O) groups is 1. The molecule has 2 saturated heterocycles. The molecule has 2 aliphatic heterocycles. The van der Waals surface area contributed by atoms with Crippen molar-refractivity contribution in [2.75, 3.05) is 12.3 Å². The molecule has 23 heavy (non-hydrogen) atoms. The van der Waals surface area contributed by atoms with Crippen LogP contribution in [0.3, 0.4) is 0 Å². The monoisotopic (exact) mass is 355 g/mol. The molecule has 3 fully saturated rings. The van der Waals surface area contributed by atoms with E-state index in [1.165, 1.54) is 0 Å². The molecule has 2 bridgehead atoms. The van der Waals surface area contributed by atoms with Gasteiger partial charge in [0.25, 0.3) is 0 Å². The first-order chi connectivity index (χ1) is 10.8. The van der Waals surface area contributed by atoms with Crippen molar-refractivity contribution in [1.29, 1.82) is 0 Å². The van der Waals surface area contributed by atoms with Gasteiger partial charge >= 0.3 is 6.09 Å². The maximum absolute atomic E-state index is 12.4. The van der Waals surface area contributed by atoms with Crippen LogP contribution in [0, 0.1) is 5.92 Å². The number of ether oxygens (including phenoxy) is 1. The van der Waals surface area contributed by atoms with Gasteiger partial charge in [-0.15, -0.1) is 0 Å². The maximum atomic E-state index is 12.4. The highest BCUT2D eigenvalue weighted by molar-refractivity contribution is 7.99. The number of halogens is 1. The second-order valence-electron chi connectivity index (χ2n) is 7.05. The van der Waals surface area contributed by atoms with Gasteiger partial charge in [0.05, 0.1) is 5.69 Å². The van der Waals surface area contributed by atoms with Gasteiger partial charge in [0.1, 0.15) is 10.8 Å². The van der Waals surface area contributed by atoms with Crippen LogP contribution in [0.5, 0.6) is 0 Å². The normalized spacial score (nSPS) is 26.1. The average molecular weight is 356 g/mol. The number of amides is 1. The number of rotatable bonds is 3. The van der Waals surface area contributed by atoms with Crippen molar-refractivity contribution in [2.24, 2.45) is 5.92 Å². The van der Waals surface area contributed by atoms with Crippen LogP contribution in [-0.4, -0.2) is 44.9 Å². The van der Waals surface area contributed by atoms with Gasteiger partial charge in [0.2, 0.25) is 0 Å². The van der Waals surface area contributed by atoms with Crippen molar-refractivity contribution in [2.45, 2.75) is 56.8 Å². The largest absolute Gasteiger partial charge is 0.444 e. The van der Waals surface area contributed by atoms with E-state index in [4.69, 9.17) is 16.3 Å². The third-order valence-corrected chi connectivity index (χ3v) is 5.16. The van der Waals surface area contributed by atoms with E-state index in [2.05, 4.69) is 16.9 Å². The summed E-state index contributed by atoms with van der Waals surface area (Å²) in [5.74, 6) is 1.60. The van der Waals surface area contributed by atoms with E-state index in [1.54, 1.807) is 11.8 Å². The molecular formula is C16H22ClN3O2S. The summed E-state index contributed by atoms with van der Waals surface area (Å²) in [6.45, 7) is 8.47. The second kappa shape index (κ2) is 6.13. The zero-order chi connectivity index (χ0) is 16.8. The van der Waals surface area contributed by atoms with Gasteiger partial charge in [-0.05, 0) is 44.9 Å². The molecule has 0 radical (unpaired) electrons. The predicted octanol–water partition coefficient (Wildman–Crippen LogP) is 3.96. The van der Waals surface area contributed by atoms with Crippen molar-refractivity contribution >= 4 is 29.5 Å². The fourth-order valence-electron chi connectivity index (χ4n) is 3.37. The average Bonchev–Trinajstić information content (AvgIpc) is 2.95. The van der Waals surface area contributed by atoms with Gasteiger partial charge in [-0.25, -0.2) is 14.8 Å². The van der Waals surface area contributed by atoms with Crippen LogP contribution < -0.4 is 0 Å². The van der Waals surface area contributed by atoms with Crippen molar-refractivity contribution in [1.82, 2.24) is 14.9 Å². The molecule has 4 rings (SSSR count). The maximum Gasteiger partial charge on any atom is 0.410 e. The Balaban J connectivity index is 1.76. The summed E-state index contributed by atoms with van der Waals surface area (Å²) >= 11 is 7.72. The quantitative estimate of drug-likeness (QED) is 0.466. The number of fused-ring (bicyclic) bond motifs is 1. The molecule has 7 heteroatoms. The van der Waals surface area contributed by atoms with Gasteiger partial charge < -0.3 is 9.64 Å². The molecule has 1 amide bonds. The molecule has 1 aliphatic carbocycles. The third kappa shape index (κ3) is 3.43. The Morgan fingerprint density at radius 2 is 2.22 bits per heavy atom. The Morgan fingerprint density at radius 3 is 2.87 bits per heavy atom. The number of aromatic nitrogens is 2. The van der Waals surface area contributed by atoms with E-state index >= 15 is 0 Å². The van der Waals surface area contributed by atoms with Crippen molar-refractivity contribution in [3.05, 3.63) is 16.9 Å². The SMILES string of the molecule is CCSc1nc(Cl)cc([C@H]2C3C[C@@H]2CN3C(=O)OC(C)(C)C)n1. The van der Waals surface area contributed by atoms with Gasteiger partial charge in [0, 0.05) is 18.5 Å². The fourth-order valence-corrected chi connectivity index (χ4v) is 4.20. The predicted molar refractivity (Wildman–Crippen MR) is 91.0 cm³/mol. The lowest BCUT2D eigenvalue weighted by atomic mass is 9.72. The highest BCUT2D eigenvalue weighted by atomic mass is 35.5. The first-order valence-corrected chi connectivity index (χ1v) is 9.31. The number of nitrogens with zero attached hydrogens (tertiary/aromatic N) is 3. The van der Waals surface area contributed by atoms with Crippen molar-refractivity contribution in [3.63, 3.8) is 0 Å². The summed E-state index contributed by atoms with van der Waals surface area (Å²) in [7, 11) is 0. The summed E-state index contributed by atoms with van der Waals surface area (Å²) in [5, 5.41) is 1.19. The molecule has 126 valence electrons. The van der Waals surface area contributed by atoms with Crippen LogP contribution in [0.15, 0.2) is 11.2 Å². The number of thioether (sulfide) groups is 1. The highest BCUT2D eigenvalue weighted by Crippen LogP contribution is 2.52. The minimum Gasteiger partial charge on any atom is -0.444 e. The number of carbonyl (C=O) groups excluding carboxylic acids is 1. The topological polar surface area (TPSA) is 55.3 Å². The standard InChI is InChI=1S/C16H22ClN3O2S/c1-5-23-14-18-10(7-12(17)19-14)13-9-6-11(13)20(8-9)15(21)22-16(2,3)4/h7,9,11,13H,5-6,8H2,1-4H3/t9-,11?,13+/m1/s1. The molecule has 1 aromatic heterocycles. The molecule has 1 unspecified atom stereocenters. The number of hydrogen-bond acceptors (Lipinski definition) is 5. The van der Waals surface area contributed by atoms with Crippen LogP contribution in [-0.2, 0) is 4.74 Å². The zero-order valence-corrected chi connectivity index (χ0v) is 15.4. The van der Waals surface area contributed by atoms with Crippen LogP contribution in [0.4, 0.5) is 4.79 Å². The smallest absolute Gasteiger partial charge is 0.410 e. The molecular weight excluding hydrogens is 334 g/mol. The Bertz CT molecular complexity index is 620. The fraction of sp³-hybridized carbons (Fsp3) is 0.688. The lowest BCUT2D eigenvalue weighted by Crippen LogP contribution is -2.42. The zero-order valence-electron chi connectivity index (χ0n) is 13.9. The molecule has 3 atom stereocenters. The molecule has 1 saturated carbocycles. The minimum absolute atomic E-state index is 0.167. The summed E-state index contributed by atoms with van der Waals surface area (Å²) in [6, 6.07) is 2.00. The molecule has 5 nitrogen and oxygen atoms in total. The summed E-state index contributed by atoms with van der Waals surface area (Å²) in [6.07, 6.45) is 0.790. The Labute approximate surface area is 146 Å². The molecule has 3 heterocycles. The Morgan fingerprint density at radius 1 is 1.48 bits per heavy atom. The van der Waals surface area contributed by atoms with Gasteiger partial charge in [-0.2, -0.15) is 0 Å². The summed E-state index contributed by atoms with van der Waals surface area (Å²) in [5.41, 5.74) is 0.483. The van der Waals surface area contributed by atoms with E-state index in [1.807, 2.05) is 31.7 Å². The molecule has 0 spiro atoms. The van der Waals surface area contributed by atoms with Crippen molar-refractivity contribution < 1.29 is 9.53 Å². The van der Waals surface area contributed by atoms with E-state index in [0.717, 1.165) is 24.4 Å². The Kier molecular flexibility index (Phi) is 4.49. The van der Waals surface area contributed by atoms with Gasteiger partial charge in [0.15, 0.2) is 5.16 Å². The lowest BCUT2D eigenvalue weighted by molar-refractivity contribution is 0.0232. The second-order valence-corrected chi connectivity index (χ2v) is 8.67. The highest BCUT2D eigenvalue weighted by Gasteiger charge is 2.55.